The van der Waals surface area contributed by atoms with Crippen molar-refractivity contribution in [1.82, 2.24) is 5.32 Å². The summed E-state index contributed by atoms with van der Waals surface area (Å²) in [6.45, 7) is 6.53. The Morgan fingerprint density at radius 3 is 1.88 bits per heavy atom. The number of amides is 1. The standard InChI is InChI=1S/2C12H13NO4/c1-2-11(14)17-9-5-3-8(4-6-9)7-10(13)12(15)16;1-2-11(15)13-10(12(16)17)7-8-3-5-9(14)6-4-8/h2-6,10H,1,7,13H2,(H,15,16);2-6,10,14H,1,7H2,(H,13,15)(H,16,17). The lowest BCUT2D eigenvalue weighted by molar-refractivity contribution is -0.141. The minimum atomic E-state index is -1.12. The molecule has 1 amide bonds. The number of carboxylic acids is 2. The number of ether oxygens (including phenoxy) is 1. The third kappa shape index (κ3) is 10.2. The lowest BCUT2D eigenvalue weighted by Crippen LogP contribution is -2.41. The highest BCUT2D eigenvalue weighted by Gasteiger charge is 2.19. The van der Waals surface area contributed by atoms with E-state index in [0.717, 1.165) is 17.7 Å². The van der Waals surface area contributed by atoms with Gasteiger partial charge in [-0.25, -0.2) is 9.59 Å². The third-order valence-corrected chi connectivity index (χ3v) is 4.26. The quantitative estimate of drug-likeness (QED) is 0.195. The van der Waals surface area contributed by atoms with Gasteiger partial charge in [-0.3, -0.25) is 9.59 Å². The Balaban J connectivity index is 0.000000340. The van der Waals surface area contributed by atoms with Gasteiger partial charge in [0.1, 0.15) is 23.6 Å². The summed E-state index contributed by atoms with van der Waals surface area (Å²) in [7, 11) is 0. The van der Waals surface area contributed by atoms with Crippen molar-refractivity contribution < 1.29 is 39.2 Å². The third-order valence-electron chi connectivity index (χ3n) is 4.26. The Labute approximate surface area is 196 Å². The van der Waals surface area contributed by atoms with E-state index in [1.54, 1.807) is 36.4 Å². The number of phenolic OH excluding ortho intramolecular Hbond substituents is 1. The molecule has 0 aliphatic heterocycles. The highest BCUT2D eigenvalue weighted by Crippen LogP contribution is 2.14. The zero-order chi connectivity index (χ0) is 25.7. The number of nitrogens with one attached hydrogen (secondary N) is 1. The Bertz CT molecular complexity index is 1020. The van der Waals surface area contributed by atoms with Gasteiger partial charge in [-0.05, 0) is 47.9 Å². The Morgan fingerprint density at radius 2 is 1.41 bits per heavy atom. The van der Waals surface area contributed by atoms with Crippen LogP contribution in [0.15, 0.2) is 73.8 Å². The molecular formula is C24H26N2O8. The van der Waals surface area contributed by atoms with Crippen molar-refractivity contribution in [2.75, 3.05) is 0 Å². The van der Waals surface area contributed by atoms with E-state index in [0.29, 0.717) is 11.3 Å². The number of phenols is 1. The topological polar surface area (TPSA) is 176 Å². The van der Waals surface area contributed by atoms with Gasteiger partial charge < -0.3 is 31.1 Å². The first-order valence-electron chi connectivity index (χ1n) is 9.91. The highest BCUT2D eigenvalue weighted by atomic mass is 16.5. The summed E-state index contributed by atoms with van der Waals surface area (Å²) in [6, 6.07) is 10.7. The Hall–Kier alpha value is -4.44. The van der Waals surface area contributed by atoms with Gasteiger partial charge in [-0.1, -0.05) is 37.4 Å². The summed E-state index contributed by atoms with van der Waals surface area (Å²) in [4.78, 5) is 43.4. The summed E-state index contributed by atoms with van der Waals surface area (Å²) in [5.41, 5.74) is 6.86. The predicted octanol–water partition coefficient (Wildman–Crippen LogP) is 1.42. The number of esters is 1. The number of carbonyl (C=O) groups excluding carboxylic acids is 2. The molecule has 6 N–H and O–H groups in total. The molecule has 2 aromatic carbocycles. The van der Waals surface area contributed by atoms with Gasteiger partial charge in [0, 0.05) is 12.5 Å². The van der Waals surface area contributed by atoms with Crippen molar-refractivity contribution in [3.63, 3.8) is 0 Å². The molecular weight excluding hydrogens is 444 g/mol. The van der Waals surface area contributed by atoms with Crippen molar-refractivity contribution in [3.8, 4) is 11.5 Å². The molecule has 180 valence electrons. The monoisotopic (exact) mass is 470 g/mol. The van der Waals surface area contributed by atoms with Crippen LogP contribution in [0.4, 0.5) is 0 Å². The molecule has 2 rings (SSSR count). The summed E-state index contributed by atoms with van der Waals surface area (Å²) in [5.74, 6) is -2.75. The van der Waals surface area contributed by atoms with Crippen LogP contribution >= 0.6 is 0 Å². The van der Waals surface area contributed by atoms with Crippen LogP contribution in [-0.4, -0.2) is 51.2 Å². The number of nitrogens with two attached hydrogens (primary N) is 1. The van der Waals surface area contributed by atoms with Crippen molar-refractivity contribution in [2.24, 2.45) is 5.73 Å². The summed E-state index contributed by atoms with van der Waals surface area (Å²) in [5, 5.41) is 29.0. The minimum Gasteiger partial charge on any atom is -0.508 e. The van der Waals surface area contributed by atoms with E-state index in [1.807, 2.05) is 0 Å². The zero-order valence-corrected chi connectivity index (χ0v) is 18.2. The molecule has 0 saturated heterocycles. The second-order valence-electron chi connectivity index (χ2n) is 6.89. The number of benzene rings is 2. The summed E-state index contributed by atoms with van der Waals surface area (Å²) in [6.07, 6.45) is 2.46. The number of hydrogen-bond acceptors (Lipinski definition) is 7. The van der Waals surface area contributed by atoms with E-state index in [-0.39, 0.29) is 18.6 Å². The van der Waals surface area contributed by atoms with Gasteiger partial charge in [0.25, 0.3) is 0 Å². The van der Waals surface area contributed by atoms with E-state index in [9.17, 15) is 19.2 Å². The maximum absolute atomic E-state index is 11.0. The maximum atomic E-state index is 11.0. The number of rotatable bonds is 10. The van der Waals surface area contributed by atoms with E-state index in [2.05, 4.69) is 18.5 Å². The van der Waals surface area contributed by atoms with Crippen molar-refractivity contribution >= 4 is 23.8 Å². The Morgan fingerprint density at radius 1 is 0.882 bits per heavy atom. The second kappa shape index (κ2) is 13.9. The minimum absolute atomic E-state index is 0.107. The van der Waals surface area contributed by atoms with Crippen LogP contribution in [0, 0.1) is 0 Å². The average molecular weight is 470 g/mol. The fourth-order valence-electron chi connectivity index (χ4n) is 2.49. The molecule has 0 aliphatic carbocycles. The molecule has 0 bridgehead atoms. The molecule has 2 atom stereocenters. The summed E-state index contributed by atoms with van der Waals surface area (Å²) < 4.78 is 4.87. The lowest BCUT2D eigenvalue weighted by atomic mass is 10.1. The number of aromatic hydroxyl groups is 1. The van der Waals surface area contributed by atoms with E-state index < -0.39 is 35.9 Å². The van der Waals surface area contributed by atoms with Crippen LogP contribution in [0.1, 0.15) is 11.1 Å². The molecule has 2 unspecified atom stereocenters. The largest absolute Gasteiger partial charge is 0.508 e. The molecule has 0 radical (unpaired) electrons. The smallest absolute Gasteiger partial charge is 0.335 e. The fraction of sp³-hybridized carbons (Fsp3) is 0.167. The molecule has 0 heterocycles. The van der Waals surface area contributed by atoms with Crippen molar-refractivity contribution in [1.29, 1.82) is 0 Å². The fourth-order valence-corrected chi connectivity index (χ4v) is 2.49. The van der Waals surface area contributed by atoms with Crippen LogP contribution < -0.4 is 15.8 Å². The zero-order valence-electron chi connectivity index (χ0n) is 18.2. The average Bonchev–Trinajstić information content (AvgIpc) is 2.81. The lowest BCUT2D eigenvalue weighted by Gasteiger charge is -2.13. The molecule has 2 aromatic rings. The molecule has 0 aromatic heterocycles. The van der Waals surface area contributed by atoms with Crippen LogP contribution in [0.3, 0.4) is 0 Å². The normalized spacial score (nSPS) is 11.6. The maximum Gasteiger partial charge on any atom is 0.335 e. The van der Waals surface area contributed by atoms with Gasteiger partial charge in [0.05, 0.1) is 0 Å². The number of aliphatic carboxylic acids is 2. The second-order valence-corrected chi connectivity index (χ2v) is 6.89. The van der Waals surface area contributed by atoms with Crippen LogP contribution in [0.25, 0.3) is 0 Å². The Kier molecular flexibility index (Phi) is 11.2. The number of hydrogen-bond donors (Lipinski definition) is 5. The van der Waals surface area contributed by atoms with Crippen LogP contribution in [0.5, 0.6) is 11.5 Å². The van der Waals surface area contributed by atoms with Gasteiger partial charge >= 0.3 is 17.9 Å². The number of carboxylic acid groups (broad SMARTS) is 2. The van der Waals surface area contributed by atoms with E-state index in [4.69, 9.17) is 25.8 Å². The van der Waals surface area contributed by atoms with Crippen molar-refractivity contribution in [2.45, 2.75) is 24.9 Å². The molecule has 10 nitrogen and oxygen atoms in total. The molecule has 0 aliphatic rings. The molecule has 34 heavy (non-hydrogen) atoms. The first-order chi connectivity index (χ1) is 16.0. The summed E-state index contributed by atoms with van der Waals surface area (Å²) >= 11 is 0. The first-order valence-corrected chi connectivity index (χ1v) is 9.91. The van der Waals surface area contributed by atoms with Gasteiger partial charge in [-0.15, -0.1) is 0 Å². The van der Waals surface area contributed by atoms with E-state index >= 15 is 0 Å². The van der Waals surface area contributed by atoms with Gasteiger partial charge in [-0.2, -0.15) is 0 Å². The van der Waals surface area contributed by atoms with Crippen LogP contribution in [-0.2, 0) is 32.0 Å². The molecule has 10 heteroatoms. The van der Waals surface area contributed by atoms with E-state index in [1.165, 1.54) is 12.1 Å². The molecule has 0 spiro atoms. The first kappa shape index (κ1) is 27.6. The SMILES string of the molecule is C=CC(=O)NC(Cc1ccc(O)cc1)C(=O)O.C=CC(=O)Oc1ccc(CC(N)C(=O)O)cc1. The van der Waals surface area contributed by atoms with Crippen LogP contribution in [0.2, 0.25) is 0 Å². The molecule has 0 saturated carbocycles. The predicted molar refractivity (Wildman–Crippen MR) is 123 cm³/mol. The van der Waals surface area contributed by atoms with Gasteiger partial charge in [0.15, 0.2) is 0 Å². The van der Waals surface area contributed by atoms with Gasteiger partial charge in [0.2, 0.25) is 5.91 Å². The number of carbonyl (C=O) groups is 4. The highest BCUT2D eigenvalue weighted by molar-refractivity contribution is 5.90. The van der Waals surface area contributed by atoms with Crippen molar-refractivity contribution in [3.05, 3.63) is 85.0 Å². The molecule has 0 fully saturated rings.